The average molecular weight is 465 g/mol. The number of hydrogen-bond donors (Lipinski definition) is 3. The van der Waals surface area contributed by atoms with E-state index in [2.05, 4.69) is 58.7 Å². The number of carbonyl (C=O) groups is 2. The molecule has 0 aromatic heterocycles. The molecular weight excluding hydrogens is 428 g/mol. The van der Waals surface area contributed by atoms with Gasteiger partial charge in [0.15, 0.2) is 0 Å². The number of aliphatic hydroxyl groups is 1. The van der Waals surface area contributed by atoms with E-state index in [1.165, 1.54) is 5.56 Å². The van der Waals surface area contributed by atoms with Crippen LogP contribution in [-0.2, 0) is 16.1 Å². The van der Waals surface area contributed by atoms with E-state index in [1.54, 1.807) is 0 Å². The number of carbonyl (C=O) groups excluding carboxylic acids is 2. The van der Waals surface area contributed by atoms with Gasteiger partial charge in [0.2, 0.25) is 0 Å². The van der Waals surface area contributed by atoms with Gasteiger partial charge in [-0.25, -0.2) is 0 Å². The van der Waals surface area contributed by atoms with Crippen LogP contribution in [0.15, 0.2) is 65.9 Å². The molecule has 0 spiro atoms. The first kappa shape index (κ1) is 25.3. The van der Waals surface area contributed by atoms with Crippen molar-refractivity contribution in [2.24, 2.45) is 5.92 Å². The highest BCUT2D eigenvalue weighted by Crippen LogP contribution is 2.23. The second-order valence-corrected chi connectivity index (χ2v) is 9.22. The quantitative estimate of drug-likeness (QED) is 0.439. The second kappa shape index (κ2) is 11.7. The number of nitrogens with one attached hydrogen (secondary N) is 2. The van der Waals surface area contributed by atoms with Crippen molar-refractivity contribution >= 4 is 23.2 Å². The van der Waals surface area contributed by atoms with Crippen LogP contribution in [0.3, 0.4) is 0 Å². The molecule has 0 aliphatic carbocycles. The molecule has 3 rings (SSSR count). The van der Waals surface area contributed by atoms with Crippen LogP contribution in [0.25, 0.3) is 0 Å². The third-order valence-corrected chi connectivity index (χ3v) is 5.97. The molecule has 0 saturated carbocycles. The molecule has 7 nitrogen and oxygen atoms in total. The van der Waals surface area contributed by atoms with Crippen LogP contribution in [0.1, 0.15) is 32.8 Å². The number of hydrogen-bond acceptors (Lipinski definition) is 5. The molecule has 1 unspecified atom stereocenters. The van der Waals surface area contributed by atoms with Gasteiger partial charge in [0.25, 0.3) is 11.8 Å². The molecular formula is C27H36N4O3. The second-order valence-electron chi connectivity index (χ2n) is 9.22. The van der Waals surface area contributed by atoms with Crippen LogP contribution in [0, 0.1) is 5.92 Å². The summed E-state index contributed by atoms with van der Waals surface area (Å²) in [5, 5.41) is 15.8. The van der Waals surface area contributed by atoms with Gasteiger partial charge in [-0.3, -0.25) is 9.59 Å². The summed E-state index contributed by atoms with van der Waals surface area (Å²) in [6, 6.07) is 17.5. The van der Waals surface area contributed by atoms with Crippen molar-refractivity contribution in [1.29, 1.82) is 0 Å². The summed E-state index contributed by atoms with van der Waals surface area (Å²) in [5.74, 6) is -1.02. The van der Waals surface area contributed by atoms with Crippen molar-refractivity contribution in [2.75, 3.05) is 36.9 Å². The van der Waals surface area contributed by atoms with Crippen molar-refractivity contribution in [1.82, 2.24) is 10.2 Å². The predicted molar refractivity (Wildman–Crippen MR) is 137 cm³/mol. The van der Waals surface area contributed by atoms with Crippen LogP contribution in [0.4, 0.5) is 11.4 Å². The summed E-state index contributed by atoms with van der Waals surface area (Å²) in [6.45, 7) is 9.68. The van der Waals surface area contributed by atoms with E-state index in [-0.39, 0.29) is 17.3 Å². The van der Waals surface area contributed by atoms with Gasteiger partial charge in [0, 0.05) is 37.6 Å². The molecule has 0 saturated heterocycles. The van der Waals surface area contributed by atoms with Gasteiger partial charge in [-0.1, -0.05) is 44.2 Å². The van der Waals surface area contributed by atoms with Crippen LogP contribution >= 0.6 is 0 Å². The zero-order valence-corrected chi connectivity index (χ0v) is 20.5. The molecule has 0 bridgehead atoms. The molecule has 3 N–H and O–H groups in total. The average Bonchev–Trinajstić information content (AvgIpc) is 3.08. The first-order valence-electron chi connectivity index (χ1n) is 11.9. The SMILES string of the molecule is CCN(CCN(C)Cc1ccccc1)c1ccc(NC(=O)C2=C(O)C(CC(C)C)NC2=O)cc1. The van der Waals surface area contributed by atoms with Gasteiger partial charge in [0.05, 0.1) is 6.04 Å². The maximum atomic E-state index is 12.7. The number of nitrogens with zero attached hydrogens (tertiary/aromatic N) is 2. The van der Waals surface area contributed by atoms with E-state index in [0.717, 1.165) is 31.9 Å². The monoisotopic (exact) mass is 464 g/mol. The molecule has 2 aromatic carbocycles. The van der Waals surface area contributed by atoms with Gasteiger partial charge in [-0.15, -0.1) is 0 Å². The van der Waals surface area contributed by atoms with E-state index < -0.39 is 17.9 Å². The highest BCUT2D eigenvalue weighted by atomic mass is 16.3. The molecule has 0 fully saturated rings. The highest BCUT2D eigenvalue weighted by molar-refractivity contribution is 6.24. The fourth-order valence-corrected chi connectivity index (χ4v) is 4.14. The Morgan fingerprint density at radius 1 is 1.09 bits per heavy atom. The summed E-state index contributed by atoms with van der Waals surface area (Å²) in [6.07, 6.45) is 0.580. The fourth-order valence-electron chi connectivity index (χ4n) is 4.14. The molecule has 7 heteroatoms. The molecule has 0 radical (unpaired) electrons. The number of benzene rings is 2. The van der Waals surface area contributed by atoms with Crippen molar-refractivity contribution in [2.45, 2.75) is 39.8 Å². The summed E-state index contributed by atoms with van der Waals surface area (Å²) in [7, 11) is 2.12. The van der Waals surface area contributed by atoms with E-state index in [1.807, 2.05) is 44.2 Å². The van der Waals surface area contributed by atoms with Crippen LogP contribution < -0.4 is 15.5 Å². The Balaban J connectivity index is 1.57. The maximum Gasteiger partial charge on any atom is 0.264 e. The number of rotatable bonds is 11. The Hall–Kier alpha value is -3.32. The van der Waals surface area contributed by atoms with Crippen molar-refractivity contribution in [3.63, 3.8) is 0 Å². The lowest BCUT2D eigenvalue weighted by molar-refractivity contribution is -0.120. The fraction of sp³-hybridized carbons (Fsp3) is 0.407. The van der Waals surface area contributed by atoms with E-state index in [0.29, 0.717) is 12.1 Å². The summed E-state index contributed by atoms with van der Waals surface area (Å²) in [4.78, 5) is 29.5. The van der Waals surface area contributed by atoms with Crippen molar-refractivity contribution < 1.29 is 14.7 Å². The van der Waals surface area contributed by atoms with Crippen molar-refractivity contribution in [3.8, 4) is 0 Å². The predicted octanol–water partition coefficient (Wildman–Crippen LogP) is 3.94. The molecule has 1 heterocycles. The lowest BCUT2D eigenvalue weighted by Gasteiger charge is -2.26. The molecule has 1 aliphatic rings. The Kier molecular flexibility index (Phi) is 8.71. The van der Waals surface area contributed by atoms with E-state index in [4.69, 9.17) is 0 Å². The lowest BCUT2D eigenvalue weighted by Crippen LogP contribution is -2.33. The highest BCUT2D eigenvalue weighted by Gasteiger charge is 2.36. The molecule has 1 atom stereocenters. The smallest absolute Gasteiger partial charge is 0.264 e. The topological polar surface area (TPSA) is 84.9 Å². The minimum atomic E-state index is -0.594. The van der Waals surface area contributed by atoms with Gasteiger partial charge in [-0.05, 0) is 56.1 Å². The number of anilines is 2. The van der Waals surface area contributed by atoms with Gasteiger partial charge in [-0.2, -0.15) is 0 Å². The Labute approximate surface area is 202 Å². The third-order valence-electron chi connectivity index (χ3n) is 5.97. The molecule has 2 aromatic rings. The van der Waals surface area contributed by atoms with Gasteiger partial charge >= 0.3 is 0 Å². The Morgan fingerprint density at radius 2 is 1.76 bits per heavy atom. The number of aliphatic hydroxyl groups excluding tert-OH is 1. The van der Waals surface area contributed by atoms with Crippen LogP contribution in [0.2, 0.25) is 0 Å². The Bertz CT molecular complexity index is 1000. The van der Waals surface area contributed by atoms with Crippen LogP contribution in [0.5, 0.6) is 0 Å². The zero-order valence-electron chi connectivity index (χ0n) is 20.5. The lowest BCUT2D eigenvalue weighted by atomic mass is 10.0. The molecule has 34 heavy (non-hydrogen) atoms. The minimum absolute atomic E-state index is 0.176. The van der Waals surface area contributed by atoms with Gasteiger partial charge < -0.3 is 25.5 Å². The van der Waals surface area contributed by atoms with Crippen molar-refractivity contribution in [3.05, 3.63) is 71.5 Å². The Morgan fingerprint density at radius 3 is 2.38 bits per heavy atom. The van der Waals surface area contributed by atoms with Crippen LogP contribution in [-0.4, -0.2) is 54.5 Å². The minimum Gasteiger partial charge on any atom is -0.509 e. The maximum absolute atomic E-state index is 12.7. The summed E-state index contributed by atoms with van der Waals surface area (Å²) in [5.41, 5.74) is 2.73. The number of likely N-dealkylation sites (N-methyl/N-ethyl adjacent to an activating group) is 2. The summed E-state index contributed by atoms with van der Waals surface area (Å²) >= 11 is 0. The third kappa shape index (κ3) is 6.60. The van der Waals surface area contributed by atoms with Gasteiger partial charge in [0.1, 0.15) is 11.3 Å². The van der Waals surface area contributed by atoms with E-state index in [9.17, 15) is 14.7 Å². The standard InChI is InChI=1S/C27H36N4O3/c1-5-31(16-15-30(4)18-20-9-7-6-8-10-20)22-13-11-21(12-14-22)28-26(33)24-25(32)23(17-19(2)3)29-27(24)34/h6-14,19,23,32H,5,15-18H2,1-4H3,(H,28,33)(H,29,34). The summed E-state index contributed by atoms with van der Waals surface area (Å²) < 4.78 is 0. The largest absolute Gasteiger partial charge is 0.509 e. The number of amides is 2. The first-order valence-corrected chi connectivity index (χ1v) is 11.9. The molecule has 1 aliphatic heterocycles. The van der Waals surface area contributed by atoms with E-state index >= 15 is 0 Å². The molecule has 182 valence electrons. The molecule has 2 amide bonds. The normalized spacial score (nSPS) is 15.7. The zero-order chi connectivity index (χ0) is 24.7. The first-order chi connectivity index (χ1) is 16.3.